The number of hydrogen-bond acceptors (Lipinski definition) is 7. The monoisotopic (exact) mass is 569 g/mol. The van der Waals surface area contributed by atoms with Gasteiger partial charge in [0, 0.05) is 15.3 Å². The molecular weight excluding hydrogens is 553 g/mol. The Labute approximate surface area is 197 Å². The Morgan fingerprint density at radius 1 is 1.10 bits per heavy atom. The van der Waals surface area contributed by atoms with Gasteiger partial charge in [0.1, 0.15) is 12.1 Å². The maximum atomic E-state index is 12.6. The van der Waals surface area contributed by atoms with Gasteiger partial charge in [-0.2, -0.15) is 0 Å². The van der Waals surface area contributed by atoms with E-state index in [-0.39, 0.29) is 27.6 Å². The van der Waals surface area contributed by atoms with Crippen LogP contribution >= 0.6 is 34.8 Å². The van der Waals surface area contributed by atoms with Crippen LogP contribution < -0.4 is 20.1 Å². The number of hydrogen-bond donors (Lipinski definition) is 3. The lowest BCUT2D eigenvalue weighted by molar-refractivity contribution is 0.0977. The van der Waals surface area contributed by atoms with Crippen molar-refractivity contribution >= 4 is 67.4 Å². The van der Waals surface area contributed by atoms with E-state index in [0.717, 1.165) is 3.57 Å². The van der Waals surface area contributed by atoms with E-state index in [1.807, 2.05) is 12.1 Å². The molecule has 0 saturated heterocycles. The second-order valence-corrected chi connectivity index (χ2v) is 9.22. The molecule has 1 heterocycles. The minimum absolute atomic E-state index is 0.0180. The van der Waals surface area contributed by atoms with Crippen LogP contribution in [0.2, 0.25) is 0 Å². The molecule has 12 heteroatoms. The lowest BCUT2D eigenvalue weighted by Crippen LogP contribution is -2.34. The molecular formula is C19H16IN5O4S2. The molecule has 0 bridgehead atoms. The molecule has 2 aromatic carbocycles. The molecule has 3 rings (SSSR count). The molecule has 0 spiro atoms. The van der Waals surface area contributed by atoms with Crippen molar-refractivity contribution in [2.45, 2.75) is 4.90 Å². The molecule has 160 valence electrons. The number of rotatable bonds is 6. The van der Waals surface area contributed by atoms with Crippen molar-refractivity contribution in [3.8, 4) is 5.88 Å². The van der Waals surface area contributed by atoms with E-state index in [0.29, 0.717) is 11.3 Å². The SMILES string of the molecule is COc1cc(NS(=O)(=O)c2ccc(NC(=S)NC(=O)c3ccccc3I)cc2)ncn1. The van der Waals surface area contributed by atoms with Gasteiger partial charge in [-0.3, -0.25) is 14.8 Å². The largest absolute Gasteiger partial charge is 0.481 e. The molecule has 0 radical (unpaired) electrons. The Kier molecular flexibility index (Phi) is 7.35. The van der Waals surface area contributed by atoms with E-state index in [2.05, 4.69) is 47.9 Å². The van der Waals surface area contributed by atoms with Gasteiger partial charge in [-0.15, -0.1) is 0 Å². The summed E-state index contributed by atoms with van der Waals surface area (Å²) < 4.78 is 33.2. The van der Waals surface area contributed by atoms with Gasteiger partial charge in [-0.1, -0.05) is 12.1 Å². The number of nitrogens with one attached hydrogen (secondary N) is 3. The highest BCUT2D eigenvalue weighted by Crippen LogP contribution is 2.19. The van der Waals surface area contributed by atoms with Crippen LogP contribution in [0.4, 0.5) is 11.5 Å². The highest BCUT2D eigenvalue weighted by molar-refractivity contribution is 14.1. The van der Waals surface area contributed by atoms with Gasteiger partial charge in [0.2, 0.25) is 5.88 Å². The van der Waals surface area contributed by atoms with Gasteiger partial charge in [0.25, 0.3) is 15.9 Å². The van der Waals surface area contributed by atoms with Crippen molar-refractivity contribution in [3.63, 3.8) is 0 Å². The average molecular weight is 569 g/mol. The lowest BCUT2D eigenvalue weighted by Gasteiger charge is -2.11. The van der Waals surface area contributed by atoms with Crippen LogP contribution in [0.1, 0.15) is 10.4 Å². The first-order chi connectivity index (χ1) is 14.8. The van der Waals surface area contributed by atoms with Crippen molar-refractivity contribution in [3.05, 3.63) is 70.1 Å². The third-order valence-corrected chi connectivity index (χ3v) is 6.37. The van der Waals surface area contributed by atoms with Crippen LogP contribution in [-0.4, -0.2) is 36.5 Å². The first-order valence-corrected chi connectivity index (χ1v) is 11.6. The van der Waals surface area contributed by atoms with Gasteiger partial charge in [0.05, 0.1) is 17.6 Å². The molecule has 0 aliphatic rings. The van der Waals surface area contributed by atoms with Crippen molar-refractivity contribution in [1.29, 1.82) is 0 Å². The second kappa shape index (κ2) is 9.98. The van der Waals surface area contributed by atoms with Gasteiger partial charge in [-0.05, 0) is 71.2 Å². The zero-order valence-electron chi connectivity index (χ0n) is 16.0. The number of methoxy groups -OCH3 is 1. The predicted molar refractivity (Wildman–Crippen MR) is 129 cm³/mol. The molecule has 0 saturated carbocycles. The smallest absolute Gasteiger partial charge is 0.263 e. The van der Waals surface area contributed by atoms with E-state index in [9.17, 15) is 13.2 Å². The summed E-state index contributed by atoms with van der Waals surface area (Å²) in [6.45, 7) is 0. The van der Waals surface area contributed by atoms with Gasteiger partial charge < -0.3 is 10.1 Å². The number of ether oxygens (including phenoxy) is 1. The van der Waals surface area contributed by atoms with E-state index in [4.69, 9.17) is 17.0 Å². The van der Waals surface area contributed by atoms with E-state index in [1.54, 1.807) is 12.1 Å². The first-order valence-electron chi connectivity index (χ1n) is 8.64. The fourth-order valence-electron chi connectivity index (χ4n) is 2.40. The van der Waals surface area contributed by atoms with Crippen LogP contribution in [0.5, 0.6) is 5.88 Å². The van der Waals surface area contributed by atoms with Crippen LogP contribution in [0.15, 0.2) is 65.8 Å². The Balaban J connectivity index is 1.64. The molecule has 0 fully saturated rings. The molecule has 1 aromatic heterocycles. The number of halogens is 1. The summed E-state index contributed by atoms with van der Waals surface area (Å²) in [5.41, 5.74) is 1.01. The summed E-state index contributed by atoms with van der Waals surface area (Å²) in [6, 6.07) is 14.3. The number of benzene rings is 2. The van der Waals surface area contributed by atoms with E-state index < -0.39 is 10.0 Å². The van der Waals surface area contributed by atoms with E-state index in [1.165, 1.54) is 43.8 Å². The molecule has 0 atom stereocenters. The quantitative estimate of drug-likeness (QED) is 0.306. The van der Waals surface area contributed by atoms with Crippen LogP contribution in [0, 0.1) is 3.57 Å². The first kappa shape index (κ1) is 22.8. The third kappa shape index (κ3) is 6.08. The standard InChI is InChI=1S/C19H16IN5O4S2/c1-29-17-10-16(21-11-22-17)25-31(27,28)13-8-6-12(7-9-13)23-19(30)24-18(26)14-4-2-3-5-15(14)20/h2-11H,1H3,(H,21,22,25)(H2,23,24,26,30). The van der Waals surface area contributed by atoms with Gasteiger partial charge >= 0.3 is 0 Å². The molecule has 31 heavy (non-hydrogen) atoms. The summed E-state index contributed by atoms with van der Waals surface area (Å²) in [5.74, 6) is -0.0346. The fraction of sp³-hybridized carbons (Fsp3) is 0.0526. The van der Waals surface area contributed by atoms with Gasteiger partial charge in [0.15, 0.2) is 5.11 Å². The summed E-state index contributed by atoms with van der Waals surface area (Å²) >= 11 is 7.24. The Morgan fingerprint density at radius 3 is 2.48 bits per heavy atom. The number of aromatic nitrogens is 2. The highest BCUT2D eigenvalue weighted by Gasteiger charge is 2.16. The zero-order valence-corrected chi connectivity index (χ0v) is 19.8. The number of carbonyl (C=O) groups excluding carboxylic acids is 1. The summed E-state index contributed by atoms with van der Waals surface area (Å²) in [7, 11) is -2.45. The molecule has 0 aliphatic heterocycles. The Morgan fingerprint density at radius 2 is 1.81 bits per heavy atom. The topological polar surface area (TPSA) is 122 Å². The Hall–Kier alpha value is -2.84. The number of sulfonamides is 1. The molecule has 3 N–H and O–H groups in total. The average Bonchev–Trinajstić information content (AvgIpc) is 2.74. The third-order valence-electron chi connectivity index (χ3n) is 3.86. The molecule has 0 aliphatic carbocycles. The summed E-state index contributed by atoms with van der Waals surface area (Å²) in [5, 5.41) is 5.53. The number of thiocarbonyl (C=S) groups is 1. The summed E-state index contributed by atoms with van der Waals surface area (Å²) in [6.07, 6.45) is 1.19. The zero-order chi connectivity index (χ0) is 22.4. The van der Waals surface area contributed by atoms with Crippen molar-refractivity contribution in [1.82, 2.24) is 15.3 Å². The second-order valence-electron chi connectivity index (χ2n) is 5.96. The normalized spacial score (nSPS) is 10.8. The molecule has 3 aromatic rings. The van der Waals surface area contributed by atoms with Crippen LogP contribution in [0.3, 0.4) is 0 Å². The fourth-order valence-corrected chi connectivity index (χ4v) is 4.24. The molecule has 1 amide bonds. The number of nitrogens with zero attached hydrogens (tertiary/aromatic N) is 2. The van der Waals surface area contributed by atoms with Crippen molar-refractivity contribution in [2.24, 2.45) is 0 Å². The number of amides is 1. The summed E-state index contributed by atoms with van der Waals surface area (Å²) in [4.78, 5) is 20.0. The van der Waals surface area contributed by atoms with E-state index >= 15 is 0 Å². The van der Waals surface area contributed by atoms with Crippen molar-refractivity contribution < 1.29 is 17.9 Å². The van der Waals surface area contributed by atoms with Gasteiger partial charge in [-0.25, -0.2) is 18.4 Å². The minimum atomic E-state index is -3.87. The Bertz CT molecular complexity index is 1220. The number of anilines is 2. The molecule has 9 nitrogen and oxygen atoms in total. The van der Waals surface area contributed by atoms with Crippen molar-refractivity contribution in [2.75, 3.05) is 17.1 Å². The highest BCUT2D eigenvalue weighted by atomic mass is 127. The maximum absolute atomic E-state index is 12.6. The van der Waals surface area contributed by atoms with Crippen LogP contribution in [-0.2, 0) is 10.0 Å². The molecule has 0 unspecified atom stereocenters. The number of carbonyl (C=O) groups is 1. The minimum Gasteiger partial charge on any atom is -0.481 e. The predicted octanol–water partition coefficient (Wildman–Crippen LogP) is 3.02. The maximum Gasteiger partial charge on any atom is 0.263 e. The lowest BCUT2D eigenvalue weighted by atomic mass is 10.2. The van der Waals surface area contributed by atoms with Crippen LogP contribution in [0.25, 0.3) is 0 Å².